The summed E-state index contributed by atoms with van der Waals surface area (Å²) < 4.78 is 38.0. The van der Waals surface area contributed by atoms with Crippen LogP contribution in [-0.4, -0.2) is 22.9 Å². The van der Waals surface area contributed by atoms with Gasteiger partial charge in [0, 0.05) is 25.2 Å². The first-order chi connectivity index (χ1) is 11.9. The molecule has 2 aliphatic rings. The molecule has 4 rings (SSSR count). The fourth-order valence-corrected chi connectivity index (χ4v) is 3.68. The van der Waals surface area contributed by atoms with Crippen LogP contribution < -0.4 is 5.32 Å². The first-order valence-electron chi connectivity index (χ1n) is 8.19. The number of para-hydroxylation sites is 1. The Hall–Kier alpha value is -2.34. The third kappa shape index (κ3) is 2.70. The number of carbonyl (C=O) groups excluding carboxylic acids is 1. The zero-order valence-electron chi connectivity index (χ0n) is 13.4. The monoisotopic (exact) mass is 346 g/mol. The average molecular weight is 346 g/mol. The molecule has 1 N–H and O–H groups in total. The summed E-state index contributed by atoms with van der Waals surface area (Å²) in [5.74, 6) is -0.0237. The number of alkyl halides is 3. The zero-order valence-corrected chi connectivity index (χ0v) is 13.4. The van der Waals surface area contributed by atoms with Crippen LogP contribution in [-0.2, 0) is 23.9 Å². The second-order valence-corrected chi connectivity index (χ2v) is 6.69. The van der Waals surface area contributed by atoms with Gasteiger partial charge in [-0.05, 0) is 35.7 Å². The van der Waals surface area contributed by atoms with Crippen LogP contribution in [0.5, 0.6) is 0 Å². The van der Waals surface area contributed by atoms with E-state index in [4.69, 9.17) is 0 Å². The number of amides is 1. The molecule has 2 aromatic carbocycles. The molecule has 1 saturated heterocycles. The van der Waals surface area contributed by atoms with E-state index in [9.17, 15) is 18.0 Å². The number of anilines is 1. The maximum Gasteiger partial charge on any atom is 0.416 e. The highest BCUT2D eigenvalue weighted by Gasteiger charge is 2.52. The highest BCUT2D eigenvalue weighted by atomic mass is 19.4. The van der Waals surface area contributed by atoms with Crippen LogP contribution in [0, 0.1) is 0 Å². The molecule has 1 amide bonds. The van der Waals surface area contributed by atoms with Crippen molar-refractivity contribution >= 4 is 11.6 Å². The fourth-order valence-electron chi connectivity index (χ4n) is 3.68. The van der Waals surface area contributed by atoms with Gasteiger partial charge in [-0.1, -0.05) is 30.3 Å². The molecule has 1 fully saturated rings. The largest absolute Gasteiger partial charge is 0.416 e. The quantitative estimate of drug-likeness (QED) is 0.896. The average Bonchev–Trinajstić information content (AvgIpc) is 2.57. The second-order valence-electron chi connectivity index (χ2n) is 6.69. The van der Waals surface area contributed by atoms with Crippen molar-refractivity contribution in [2.24, 2.45) is 0 Å². The summed E-state index contributed by atoms with van der Waals surface area (Å²) in [5.41, 5.74) is 1.48. The number of likely N-dealkylation sites (tertiary alicyclic amines) is 1. The number of hydrogen-bond acceptors (Lipinski definition) is 2. The normalized spacial score (nSPS) is 23.1. The Labute approximate surface area is 143 Å². The Balaban J connectivity index is 1.54. The van der Waals surface area contributed by atoms with Crippen LogP contribution in [0.3, 0.4) is 0 Å². The van der Waals surface area contributed by atoms with E-state index in [-0.39, 0.29) is 5.91 Å². The first kappa shape index (κ1) is 16.1. The van der Waals surface area contributed by atoms with Gasteiger partial charge in [-0.3, -0.25) is 9.69 Å². The molecule has 2 aromatic rings. The molecule has 2 aliphatic heterocycles. The maximum atomic E-state index is 12.7. The van der Waals surface area contributed by atoms with Crippen LogP contribution in [0.25, 0.3) is 0 Å². The third-order valence-corrected chi connectivity index (χ3v) is 5.23. The van der Waals surface area contributed by atoms with Crippen molar-refractivity contribution in [3.05, 3.63) is 65.2 Å². The lowest BCUT2D eigenvalue weighted by Gasteiger charge is -2.53. The summed E-state index contributed by atoms with van der Waals surface area (Å²) in [6, 6.07) is 12.9. The molecular weight excluding hydrogens is 329 g/mol. The van der Waals surface area contributed by atoms with E-state index in [0.29, 0.717) is 13.0 Å². The first-order valence-corrected chi connectivity index (χ1v) is 8.19. The number of rotatable bonds is 2. The maximum absolute atomic E-state index is 12.7. The van der Waals surface area contributed by atoms with Crippen molar-refractivity contribution in [1.82, 2.24) is 4.90 Å². The molecule has 1 atom stereocenters. The molecule has 0 saturated carbocycles. The van der Waals surface area contributed by atoms with Crippen molar-refractivity contribution in [2.75, 3.05) is 11.9 Å². The molecule has 1 spiro atoms. The lowest BCUT2D eigenvalue weighted by Crippen LogP contribution is -2.68. The molecule has 6 heteroatoms. The Morgan fingerprint density at radius 1 is 1.08 bits per heavy atom. The molecule has 1 unspecified atom stereocenters. The minimum absolute atomic E-state index is 0.0237. The standard InChI is InChI=1S/C19H17F3N2O/c20-19(21,22)15-7-5-13(6-8-15)12-24-10-9-18(24)11-14-3-1-2-4-16(14)23-17(18)25/h1-8H,9-12H2,(H,23,25). The highest BCUT2D eigenvalue weighted by Crippen LogP contribution is 2.41. The van der Waals surface area contributed by atoms with Gasteiger partial charge in [0.1, 0.15) is 5.54 Å². The van der Waals surface area contributed by atoms with Gasteiger partial charge in [-0.25, -0.2) is 0 Å². The van der Waals surface area contributed by atoms with Gasteiger partial charge < -0.3 is 5.32 Å². The van der Waals surface area contributed by atoms with Gasteiger partial charge in [-0.2, -0.15) is 13.2 Å². The Bertz CT molecular complexity index is 816. The van der Waals surface area contributed by atoms with Crippen LogP contribution in [0.4, 0.5) is 18.9 Å². The Morgan fingerprint density at radius 3 is 2.44 bits per heavy atom. The number of nitrogens with one attached hydrogen (secondary N) is 1. The van der Waals surface area contributed by atoms with E-state index in [1.54, 1.807) is 0 Å². The molecule has 3 nitrogen and oxygen atoms in total. The van der Waals surface area contributed by atoms with Crippen LogP contribution in [0.2, 0.25) is 0 Å². The number of carbonyl (C=O) groups is 1. The van der Waals surface area contributed by atoms with Crippen LogP contribution in [0.15, 0.2) is 48.5 Å². The van der Waals surface area contributed by atoms with E-state index >= 15 is 0 Å². The number of fused-ring (bicyclic) bond motifs is 1. The summed E-state index contributed by atoms with van der Waals surface area (Å²) in [6.07, 6.45) is -2.94. The summed E-state index contributed by atoms with van der Waals surface area (Å²) in [5, 5.41) is 2.97. The minimum Gasteiger partial charge on any atom is -0.324 e. The van der Waals surface area contributed by atoms with E-state index in [0.717, 1.165) is 41.9 Å². The topological polar surface area (TPSA) is 32.3 Å². The predicted octanol–water partition coefficient (Wildman–Crippen LogP) is 3.84. The van der Waals surface area contributed by atoms with Crippen molar-refractivity contribution < 1.29 is 18.0 Å². The van der Waals surface area contributed by atoms with Gasteiger partial charge in [0.25, 0.3) is 0 Å². The smallest absolute Gasteiger partial charge is 0.324 e. The van der Waals surface area contributed by atoms with E-state index in [1.807, 2.05) is 24.3 Å². The summed E-state index contributed by atoms with van der Waals surface area (Å²) in [4.78, 5) is 14.7. The summed E-state index contributed by atoms with van der Waals surface area (Å²) >= 11 is 0. The second kappa shape index (κ2) is 5.59. The molecule has 25 heavy (non-hydrogen) atoms. The Kier molecular flexibility index (Phi) is 3.61. The molecule has 0 radical (unpaired) electrons. The number of benzene rings is 2. The lowest BCUT2D eigenvalue weighted by atomic mass is 9.75. The highest BCUT2D eigenvalue weighted by molar-refractivity contribution is 6.01. The van der Waals surface area contributed by atoms with E-state index in [1.165, 1.54) is 12.1 Å². The number of nitrogens with zero attached hydrogens (tertiary/aromatic N) is 1. The van der Waals surface area contributed by atoms with Gasteiger partial charge in [0.2, 0.25) is 5.91 Å². The summed E-state index contributed by atoms with van der Waals surface area (Å²) in [7, 11) is 0. The van der Waals surface area contributed by atoms with E-state index < -0.39 is 17.3 Å². The number of halogens is 3. The molecule has 130 valence electrons. The molecule has 0 aromatic heterocycles. The fraction of sp³-hybridized carbons (Fsp3) is 0.316. The number of hydrogen-bond donors (Lipinski definition) is 1. The lowest BCUT2D eigenvalue weighted by molar-refractivity contribution is -0.139. The predicted molar refractivity (Wildman–Crippen MR) is 88.0 cm³/mol. The third-order valence-electron chi connectivity index (χ3n) is 5.23. The SMILES string of the molecule is O=C1Nc2ccccc2CC12CCN2Cc1ccc(C(F)(F)F)cc1. The van der Waals surface area contributed by atoms with Gasteiger partial charge in [-0.15, -0.1) is 0 Å². The Morgan fingerprint density at radius 2 is 1.80 bits per heavy atom. The van der Waals surface area contributed by atoms with Crippen molar-refractivity contribution in [2.45, 2.75) is 31.1 Å². The molecule has 2 heterocycles. The van der Waals surface area contributed by atoms with Crippen molar-refractivity contribution in [3.63, 3.8) is 0 Å². The van der Waals surface area contributed by atoms with Gasteiger partial charge >= 0.3 is 6.18 Å². The van der Waals surface area contributed by atoms with Crippen molar-refractivity contribution in [3.8, 4) is 0 Å². The van der Waals surface area contributed by atoms with Crippen molar-refractivity contribution in [1.29, 1.82) is 0 Å². The van der Waals surface area contributed by atoms with Gasteiger partial charge in [0.05, 0.1) is 5.56 Å². The molecular formula is C19H17F3N2O. The van der Waals surface area contributed by atoms with E-state index in [2.05, 4.69) is 10.2 Å². The minimum atomic E-state index is -4.33. The summed E-state index contributed by atoms with van der Waals surface area (Å²) in [6.45, 7) is 1.23. The van der Waals surface area contributed by atoms with Crippen LogP contribution in [0.1, 0.15) is 23.1 Å². The van der Waals surface area contributed by atoms with Gasteiger partial charge in [0.15, 0.2) is 0 Å². The molecule has 0 bridgehead atoms. The zero-order chi connectivity index (χ0) is 17.7. The molecule has 0 aliphatic carbocycles. The van der Waals surface area contributed by atoms with Crippen LogP contribution >= 0.6 is 0 Å².